The zero-order chi connectivity index (χ0) is 9.84. The van der Waals surface area contributed by atoms with Crippen molar-refractivity contribution in [3.63, 3.8) is 0 Å². The van der Waals surface area contributed by atoms with Gasteiger partial charge in [-0.3, -0.25) is 0 Å². The third kappa shape index (κ3) is 6.72. The van der Waals surface area contributed by atoms with Crippen LogP contribution in [0, 0.1) is 13.2 Å². The summed E-state index contributed by atoms with van der Waals surface area (Å²) in [6.07, 6.45) is 0. The molecule has 0 aliphatic rings. The summed E-state index contributed by atoms with van der Waals surface area (Å²) in [5, 5.41) is 0. The fourth-order valence-corrected chi connectivity index (χ4v) is 2.66. The average Bonchev–Trinajstić information content (AvgIpc) is 2.03. The molecular formula is C9H7I3O2Zn-. The standard InChI is InChI=1S/C9H7I2O2.HI.Zn/c1-2-13-9(12)6-3-7(10)5-8(11)4-6;;/h3,5H,2H2,1H3;1H;/p-1. The first-order chi connectivity index (χ1) is 6.13. The van der Waals surface area contributed by atoms with Crippen molar-refractivity contribution in [1.82, 2.24) is 0 Å². The summed E-state index contributed by atoms with van der Waals surface area (Å²) in [5.74, 6) is -0.307. The summed E-state index contributed by atoms with van der Waals surface area (Å²) in [7, 11) is 0. The van der Waals surface area contributed by atoms with Gasteiger partial charge in [-0.05, 0) is 64.2 Å². The van der Waals surface area contributed by atoms with E-state index in [1.807, 2.05) is 6.07 Å². The second-order valence-corrected chi connectivity index (χ2v) is 4.69. The average molecular weight is 593 g/mol. The Hall–Kier alpha value is 1.50. The topological polar surface area (TPSA) is 26.3 Å². The Bertz CT molecular complexity index is 311. The molecule has 1 radical (unpaired) electrons. The van der Waals surface area contributed by atoms with Gasteiger partial charge >= 0.3 is 5.97 Å². The number of ether oxygens (including phenoxy) is 1. The van der Waals surface area contributed by atoms with Gasteiger partial charge in [0.15, 0.2) is 0 Å². The van der Waals surface area contributed by atoms with Crippen molar-refractivity contribution in [2.45, 2.75) is 6.92 Å². The Kier molecular flexibility index (Phi) is 12.0. The van der Waals surface area contributed by atoms with Gasteiger partial charge in [0.2, 0.25) is 0 Å². The van der Waals surface area contributed by atoms with Crippen molar-refractivity contribution in [1.29, 1.82) is 0 Å². The number of hydrogen-bond donors (Lipinski definition) is 0. The number of benzene rings is 1. The molecule has 0 heterocycles. The largest absolute Gasteiger partial charge is 1.00 e. The molecule has 0 unspecified atom stereocenters. The van der Waals surface area contributed by atoms with Crippen LogP contribution < -0.4 is 24.0 Å². The fourth-order valence-electron chi connectivity index (χ4n) is 0.820. The number of carbonyl (C=O) groups is 1. The van der Waals surface area contributed by atoms with Crippen LogP contribution in [0.5, 0.6) is 0 Å². The third-order valence-corrected chi connectivity index (χ3v) is 2.50. The summed E-state index contributed by atoms with van der Waals surface area (Å²) in [6, 6.07) is 6.65. The van der Waals surface area contributed by atoms with Crippen LogP contribution in [0.1, 0.15) is 17.3 Å². The molecule has 1 aromatic carbocycles. The van der Waals surface area contributed by atoms with Crippen molar-refractivity contribution in [3.8, 4) is 0 Å². The van der Waals surface area contributed by atoms with Gasteiger partial charge < -0.3 is 28.7 Å². The molecule has 0 aromatic heterocycles. The number of esters is 1. The number of carbonyl (C=O) groups excluding carboxylic acids is 1. The van der Waals surface area contributed by atoms with Gasteiger partial charge in [0.1, 0.15) is 0 Å². The van der Waals surface area contributed by atoms with E-state index in [9.17, 15) is 4.79 Å². The summed E-state index contributed by atoms with van der Waals surface area (Å²) in [4.78, 5) is 11.3. The van der Waals surface area contributed by atoms with Crippen molar-refractivity contribution >= 4 is 51.2 Å². The first-order valence-electron chi connectivity index (χ1n) is 3.69. The molecule has 0 aliphatic heterocycles. The molecule has 0 spiro atoms. The molecule has 0 saturated heterocycles. The van der Waals surface area contributed by atoms with E-state index in [0.717, 1.165) is 7.14 Å². The zero-order valence-electron chi connectivity index (χ0n) is 8.02. The molecule has 15 heavy (non-hydrogen) atoms. The van der Waals surface area contributed by atoms with Gasteiger partial charge in [0, 0.05) is 32.7 Å². The molecule has 0 atom stereocenters. The van der Waals surface area contributed by atoms with Crippen LogP contribution in [0.25, 0.3) is 0 Å². The minimum atomic E-state index is -0.307. The van der Waals surface area contributed by atoms with Gasteiger partial charge in [-0.25, -0.2) is 4.79 Å². The van der Waals surface area contributed by atoms with E-state index < -0.39 is 0 Å². The smallest absolute Gasteiger partial charge is 0.338 e. The zero-order valence-corrected chi connectivity index (χ0v) is 17.5. The minimum absolute atomic E-state index is 0. The summed E-state index contributed by atoms with van der Waals surface area (Å²) in [5.41, 5.74) is 0.498. The molecule has 79 valence electrons. The van der Waals surface area contributed by atoms with E-state index in [4.69, 9.17) is 4.74 Å². The molecule has 6 heteroatoms. The van der Waals surface area contributed by atoms with Crippen LogP contribution in [-0.2, 0) is 24.2 Å². The first kappa shape index (κ1) is 18.9. The molecule has 0 fully saturated rings. The van der Waals surface area contributed by atoms with Crippen molar-refractivity contribution in [2.75, 3.05) is 6.61 Å². The SMILES string of the molecule is CCOC(=O)c1[c]c(I)cc(I)c1.[I-].[Zn]. The molecule has 2 nitrogen and oxygen atoms in total. The predicted octanol–water partition coefficient (Wildman–Crippen LogP) is -0.126. The maximum absolute atomic E-state index is 11.3. The maximum Gasteiger partial charge on any atom is 0.338 e. The van der Waals surface area contributed by atoms with E-state index in [2.05, 4.69) is 51.2 Å². The van der Waals surface area contributed by atoms with Crippen molar-refractivity contribution in [2.24, 2.45) is 0 Å². The van der Waals surface area contributed by atoms with Crippen molar-refractivity contribution in [3.05, 3.63) is 30.9 Å². The molecule has 1 aromatic rings. The van der Waals surface area contributed by atoms with Crippen LogP contribution in [0.4, 0.5) is 0 Å². The molecule has 1 rings (SSSR count). The Morgan fingerprint density at radius 1 is 1.47 bits per heavy atom. The molecular weight excluding hydrogens is 586 g/mol. The van der Waals surface area contributed by atoms with Crippen LogP contribution >= 0.6 is 45.2 Å². The van der Waals surface area contributed by atoms with Crippen LogP contribution in [-0.4, -0.2) is 12.6 Å². The van der Waals surface area contributed by atoms with E-state index in [-0.39, 0.29) is 49.4 Å². The van der Waals surface area contributed by atoms with Gasteiger partial charge in [-0.15, -0.1) is 0 Å². The molecule has 0 bridgehead atoms. The van der Waals surface area contributed by atoms with E-state index in [0.29, 0.717) is 12.2 Å². The third-order valence-electron chi connectivity index (χ3n) is 1.30. The van der Waals surface area contributed by atoms with Crippen LogP contribution in [0.3, 0.4) is 0 Å². The first-order valence-corrected chi connectivity index (χ1v) is 5.84. The molecule has 0 amide bonds. The quantitative estimate of drug-likeness (QED) is 0.272. The summed E-state index contributed by atoms with van der Waals surface area (Å²) in [6.45, 7) is 2.19. The van der Waals surface area contributed by atoms with E-state index in [1.54, 1.807) is 13.0 Å². The second-order valence-electron chi connectivity index (χ2n) is 2.28. The normalized spacial score (nSPS) is 8.47. The Balaban J connectivity index is 0. The number of hydrogen-bond acceptors (Lipinski definition) is 2. The maximum atomic E-state index is 11.3. The van der Waals surface area contributed by atoms with Gasteiger partial charge in [0.25, 0.3) is 0 Å². The Morgan fingerprint density at radius 3 is 2.53 bits per heavy atom. The number of rotatable bonds is 2. The fraction of sp³-hybridized carbons (Fsp3) is 0.222. The summed E-state index contributed by atoms with van der Waals surface area (Å²) >= 11 is 4.28. The van der Waals surface area contributed by atoms with Gasteiger partial charge in [-0.1, -0.05) is 0 Å². The van der Waals surface area contributed by atoms with Gasteiger partial charge in [-0.2, -0.15) is 0 Å². The van der Waals surface area contributed by atoms with E-state index >= 15 is 0 Å². The number of halogens is 3. The van der Waals surface area contributed by atoms with Gasteiger partial charge in [0.05, 0.1) is 12.2 Å². The minimum Gasteiger partial charge on any atom is -1.00 e. The molecule has 0 aliphatic carbocycles. The predicted molar refractivity (Wildman–Crippen MR) is 66.7 cm³/mol. The molecule has 0 N–H and O–H groups in total. The Labute approximate surface area is 146 Å². The van der Waals surface area contributed by atoms with Crippen LogP contribution in [0.15, 0.2) is 12.1 Å². The van der Waals surface area contributed by atoms with Crippen molar-refractivity contribution < 1.29 is 53.0 Å². The summed E-state index contributed by atoms with van der Waals surface area (Å²) < 4.78 is 6.80. The molecule has 0 saturated carbocycles. The Morgan fingerprint density at radius 2 is 2.07 bits per heavy atom. The second kappa shape index (κ2) is 9.52. The van der Waals surface area contributed by atoms with E-state index in [1.165, 1.54) is 0 Å². The monoisotopic (exact) mass is 592 g/mol. The van der Waals surface area contributed by atoms with Crippen LogP contribution in [0.2, 0.25) is 0 Å².